The van der Waals surface area contributed by atoms with E-state index in [0.29, 0.717) is 57.9 Å². The summed E-state index contributed by atoms with van der Waals surface area (Å²) in [7, 11) is 1.48. The molecule has 1 saturated heterocycles. The van der Waals surface area contributed by atoms with Crippen molar-refractivity contribution in [3.63, 3.8) is 0 Å². The SMILES string of the molecule is COc1nc(-c2cccc(-c3nccc(Nc4nccc(C=O)c4F)c3Cl)c2Cl)ccc1CN(C[C@@H]1CCC(=O)N1)C(=O)OC(C)(C)C. The molecule has 2 N–H and O–H groups in total. The number of halogens is 3. The summed E-state index contributed by atoms with van der Waals surface area (Å²) in [6.45, 7) is 5.74. The van der Waals surface area contributed by atoms with Gasteiger partial charge in [-0.05, 0) is 51.5 Å². The van der Waals surface area contributed by atoms with Gasteiger partial charge in [0, 0.05) is 48.1 Å². The van der Waals surface area contributed by atoms with Crippen LogP contribution in [-0.4, -0.2) is 63.4 Å². The lowest BCUT2D eigenvalue weighted by Gasteiger charge is -2.29. The first-order chi connectivity index (χ1) is 22.9. The summed E-state index contributed by atoms with van der Waals surface area (Å²) in [4.78, 5) is 50.8. The summed E-state index contributed by atoms with van der Waals surface area (Å²) in [6.07, 6.45) is 3.68. The minimum absolute atomic E-state index is 0.0541. The number of carbonyl (C=O) groups excluding carboxylic acids is 3. The maximum Gasteiger partial charge on any atom is 0.410 e. The third-order valence-corrected chi connectivity index (χ3v) is 8.18. The normalized spacial score (nSPS) is 14.3. The second-order valence-corrected chi connectivity index (χ2v) is 12.8. The summed E-state index contributed by atoms with van der Waals surface area (Å²) in [5, 5.41) is 6.17. The number of methoxy groups -OCH3 is 1. The second-order valence-electron chi connectivity index (χ2n) is 12.0. The summed E-state index contributed by atoms with van der Waals surface area (Å²) in [5.41, 5.74) is 1.89. The van der Waals surface area contributed by atoms with Gasteiger partial charge >= 0.3 is 6.09 Å². The van der Waals surface area contributed by atoms with Crippen molar-refractivity contribution in [2.45, 2.75) is 51.8 Å². The molecule has 0 saturated carbocycles. The molecule has 1 aliphatic heterocycles. The molecule has 4 aromatic rings. The van der Waals surface area contributed by atoms with E-state index in [-0.39, 0.29) is 47.3 Å². The van der Waals surface area contributed by atoms with E-state index < -0.39 is 17.5 Å². The highest BCUT2D eigenvalue weighted by atomic mass is 35.5. The third-order valence-electron chi connectivity index (χ3n) is 7.39. The van der Waals surface area contributed by atoms with E-state index in [1.165, 1.54) is 30.5 Å². The third kappa shape index (κ3) is 7.83. The van der Waals surface area contributed by atoms with Crippen LogP contribution in [0.3, 0.4) is 0 Å². The largest absolute Gasteiger partial charge is 0.481 e. The monoisotopic (exact) mass is 694 g/mol. The number of hydrogen-bond acceptors (Lipinski definition) is 9. The van der Waals surface area contributed by atoms with Crippen LogP contribution in [0.2, 0.25) is 10.0 Å². The molecule has 0 unspecified atom stereocenters. The maximum atomic E-state index is 14.7. The van der Waals surface area contributed by atoms with Gasteiger partial charge in [0.15, 0.2) is 17.9 Å². The molecule has 3 aromatic heterocycles. The van der Waals surface area contributed by atoms with Crippen molar-refractivity contribution in [1.29, 1.82) is 0 Å². The number of anilines is 2. The topological polar surface area (TPSA) is 136 Å². The number of nitrogens with one attached hydrogen (secondary N) is 2. The number of aldehydes is 1. The van der Waals surface area contributed by atoms with Gasteiger partial charge in [-0.3, -0.25) is 14.6 Å². The highest BCUT2D eigenvalue weighted by Gasteiger charge is 2.29. The smallest absolute Gasteiger partial charge is 0.410 e. The van der Waals surface area contributed by atoms with E-state index in [1.54, 1.807) is 57.2 Å². The molecule has 0 spiro atoms. The molecule has 250 valence electrons. The van der Waals surface area contributed by atoms with Crippen molar-refractivity contribution in [1.82, 2.24) is 25.2 Å². The van der Waals surface area contributed by atoms with Crippen molar-refractivity contribution >= 4 is 53.0 Å². The van der Waals surface area contributed by atoms with Crippen molar-refractivity contribution in [2.24, 2.45) is 0 Å². The van der Waals surface area contributed by atoms with E-state index in [1.807, 2.05) is 0 Å². The van der Waals surface area contributed by atoms with Crippen LogP contribution < -0.4 is 15.4 Å². The second kappa shape index (κ2) is 14.5. The molecule has 14 heteroatoms. The van der Waals surface area contributed by atoms with Crippen LogP contribution in [0.4, 0.5) is 20.7 Å². The van der Waals surface area contributed by atoms with Crippen molar-refractivity contribution in [2.75, 3.05) is 19.0 Å². The Morgan fingerprint density at radius 1 is 1.10 bits per heavy atom. The van der Waals surface area contributed by atoms with Crippen molar-refractivity contribution < 1.29 is 28.2 Å². The molecular formula is C34H33Cl2FN6O5. The Hall–Kier alpha value is -4.81. The average molecular weight is 696 g/mol. The zero-order valence-electron chi connectivity index (χ0n) is 26.6. The first kappa shape index (κ1) is 34.5. The Kier molecular flexibility index (Phi) is 10.4. The number of pyridine rings is 3. The average Bonchev–Trinajstić information content (AvgIpc) is 3.46. The van der Waals surface area contributed by atoms with Gasteiger partial charge in [0.05, 0.1) is 46.3 Å². The molecule has 0 aliphatic carbocycles. The van der Waals surface area contributed by atoms with Crippen molar-refractivity contribution in [3.05, 3.63) is 81.8 Å². The standard InChI is InChI=1S/C34H33Cl2FN6O5/c1-34(2,3)48-33(46)43(17-21-9-11-26(45)40-21)16-19-8-10-24(42-32(19)47-4)22-6-5-7-23(27(22)35)30-28(36)25(13-15-38-30)41-31-29(37)20(18-44)12-14-39-31/h5-8,10,12-15,18,21H,9,11,16-17H2,1-4H3,(H,40,45)(H,38,39,41)/t21-/m0/s1. The molecule has 1 aliphatic rings. The number of amides is 2. The van der Waals surface area contributed by atoms with Gasteiger partial charge in [0.1, 0.15) is 5.60 Å². The molecule has 4 heterocycles. The quantitative estimate of drug-likeness (QED) is 0.165. The molecule has 1 fully saturated rings. The van der Waals surface area contributed by atoms with Gasteiger partial charge in [-0.2, -0.15) is 0 Å². The lowest BCUT2D eigenvalue weighted by atomic mass is 10.0. The van der Waals surface area contributed by atoms with Crippen LogP contribution in [0.15, 0.2) is 54.9 Å². The number of benzene rings is 1. The van der Waals surface area contributed by atoms with Gasteiger partial charge < -0.3 is 25.0 Å². The van der Waals surface area contributed by atoms with Crippen LogP contribution in [0, 0.1) is 5.82 Å². The first-order valence-corrected chi connectivity index (χ1v) is 15.8. The molecular weight excluding hydrogens is 662 g/mol. The number of nitrogens with zero attached hydrogens (tertiary/aromatic N) is 4. The van der Waals surface area contributed by atoms with Crippen molar-refractivity contribution in [3.8, 4) is 28.4 Å². The van der Waals surface area contributed by atoms with E-state index in [2.05, 4.69) is 20.6 Å². The first-order valence-electron chi connectivity index (χ1n) is 15.0. The Morgan fingerprint density at radius 2 is 1.85 bits per heavy atom. The van der Waals surface area contributed by atoms with E-state index >= 15 is 0 Å². The molecule has 48 heavy (non-hydrogen) atoms. The lowest BCUT2D eigenvalue weighted by Crippen LogP contribution is -2.43. The van der Waals surface area contributed by atoms with Gasteiger partial charge in [-0.1, -0.05) is 41.4 Å². The van der Waals surface area contributed by atoms with Gasteiger partial charge in [-0.15, -0.1) is 0 Å². The highest BCUT2D eigenvalue weighted by molar-refractivity contribution is 6.39. The summed E-state index contributed by atoms with van der Waals surface area (Å²) in [5.74, 6) is -0.771. The molecule has 1 atom stereocenters. The maximum absolute atomic E-state index is 14.7. The molecule has 0 bridgehead atoms. The van der Waals surface area contributed by atoms with Crippen LogP contribution in [0.1, 0.15) is 49.5 Å². The molecule has 0 radical (unpaired) electrons. The lowest BCUT2D eigenvalue weighted by molar-refractivity contribution is -0.119. The van der Waals surface area contributed by atoms with Crippen LogP contribution in [0.25, 0.3) is 22.5 Å². The van der Waals surface area contributed by atoms with Crippen LogP contribution in [-0.2, 0) is 16.1 Å². The summed E-state index contributed by atoms with van der Waals surface area (Å²) < 4.78 is 26.0. The van der Waals surface area contributed by atoms with Crippen LogP contribution in [0.5, 0.6) is 5.88 Å². The number of aromatic nitrogens is 3. The number of hydrogen-bond donors (Lipinski definition) is 2. The Balaban J connectivity index is 1.44. The fourth-order valence-corrected chi connectivity index (χ4v) is 5.71. The van der Waals surface area contributed by atoms with Gasteiger partial charge in [0.25, 0.3) is 0 Å². The van der Waals surface area contributed by atoms with Gasteiger partial charge in [-0.25, -0.2) is 19.2 Å². The van der Waals surface area contributed by atoms with Crippen LogP contribution >= 0.6 is 23.2 Å². The van der Waals surface area contributed by atoms with Gasteiger partial charge in [0.2, 0.25) is 11.8 Å². The summed E-state index contributed by atoms with van der Waals surface area (Å²) in [6, 6.07) is 11.5. The Labute approximate surface area is 286 Å². The number of carbonyl (C=O) groups is 3. The minimum atomic E-state index is -0.815. The molecule has 11 nitrogen and oxygen atoms in total. The van der Waals surface area contributed by atoms with E-state index in [0.717, 1.165) is 0 Å². The zero-order chi connectivity index (χ0) is 34.6. The highest BCUT2D eigenvalue weighted by Crippen LogP contribution is 2.41. The molecule has 1 aromatic carbocycles. The fraction of sp³-hybridized carbons (Fsp3) is 0.294. The Morgan fingerprint density at radius 3 is 2.54 bits per heavy atom. The summed E-state index contributed by atoms with van der Waals surface area (Å²) >= 11 is 13.7. The minimum Gasteiger partial charge on any atom is -0.481 e. The fourth-order valence-electron chi connectivity index (χ4n) is 5.14. The number of rotatable bonds is 10. The zero-order valence-corrected chi connectivity index (χ0v) is 28.2. The Bertz CT molecular complexity index is 1870. The molecule has 5 rings (SSSR count). The molecule has 2 amide bonds. The predicted molar refractivity (Wildman–Crippen MR) is 180 cm³/mol. The van der Waals surface area contributed by atoms with E-state index in [9.17, 15) is 18.8 Å². The number of ether oxygens (including phenoxy) is 2. The van der Waals surface area contributed by atoms with E-state index in [4.69, 9.17) is 37.7 Å². The predicted octanol–water partition coefficient (Wildman–Crippen LogP) is 7.23.